The summed E-state index contributed by atoms with van der Waals surface area (Å²) < 4.78 is 2.18. The number of nitrogens with zero attached hydrogens (tertiary/aromatic N) is 2. The SMILES string of the molecule is C=C(C)C(=O)NCc1nc2ccccc2n1Cc1cccc2ccccc12. The van der Waals surface area contributed by atoms with Crippen molar-refractivity contribution < 1.29 is 4.79 Å². The molecule has 4 aromatic rings. The number of para-hydroxylation sites is 2. The number of carbonyl (C=O) groups is 1. The highest BCUT2D eigenvalue weighted by atomic mass is 16.1. The second-order valence-corrected chi connectivity index (χ2v) is 6.70. The van der Waals surface area contributed by atoms with Crippen LogP contribution in [-0.4, -0.2) is 15.5 Å². The normalized spacial score (nSPS) is 11.0. The Labute approximate surface area is 158 Å². The van der Waals surface area contributed by atoms with Crippen molar-refractivity contribution in [1.29, 1.82) is 0 Å². The number of amides is 1. The number of benzene rings is 3. The molecule has 0 aliphatic carbocycles. The molecule has 1 N–H and O–H groups in total. The van der Waals surface area contributed by atoms with E-state index in [9.17, 15) is 4.79 Å². The van der Waals surface area contributed by atoms with Gasteiger partial charge in [0.05, 0.1) is 24.1 Å². The van der Waals surface area contributed by atoms with E-state index in [4.69, 9.17) is 4.98 Å². The van der Waals surface area contributed by atoms with E-state index in [2.05, 4.69) is 65.0 Å². The fourth-order valence-corrected chi connectivity index (χ4v) is 3.35. The highest BCUT2D eigenvalue weighted by molar-refractivity contribution is 5.92. The van der Waals surface area contributed by atoms with Crippen LogP contribution in [0, 0.1) is 0 Å². The minimum Gasteiger partial charge on any atom is -0.345 e. The molecule has 4 heteroatoms. The summed E-state index contributed by atoms with van der Waals surface area (Å²) in [7, 11) is 0. The van der Waals surface area contributed by atoms with Crippen molar-refractivity contribution in [3.8, 4) is 0 Å². The monoisotopic (exact) mass is 355 g/mol. The van der Waals surface area contributed by atoms with Gasteiger partial charge < -0.3 is 9.88 Å². The van der Waals surface area contributed by atoms with Crippen LogP contribution in [0.1, 0.15) is 18.3 Å². The van der Waals surface area contributed by atoms with E-state index in [-0.39, 0.29) is 5.91 Å². The lowest BCUT2D eigenvalue weighted by Crippen LogP contribution is -2.25. The zero-order chi connectivity index (χ0) is 18.8. The Hall–Kier alpha value is -3.40. The molecule has 0 atom stereocenters. The number of carbonyl (C=O) groups excluding carboxylic acids is 1. The third-order valence-electron chi connectivity index (χ3n) is 4.74. The summed E-state index contributed by atoms with van der Waals surface area (Å²) in [5.41, 5.74) is 3.71. The summed E-state index contributed by atoms with van der Waals surface area (Å²) in [4.78, 5) is 16.7. The molecule has 0 saturated heterocycles. The van der Waals surface area contributed by atoms with Gasteiger partial charge in [0.2, 0.25) is 5.91 Å². The number of rotatable bonds is 5. The Balaban J connectivity index is 1.76. The van der Waals surface area contributed by atoms with Crippen molar-refractivity contribution in [1.82, 2.24) is 14.9 Å². The third kappa shape index (κ3) is 3.34. The minimum absolute atomic E-state index is 0.154. The van der Waals surface area contributed by atoms with E-state index in [0.29, 0.717) is 18.7 Å². The van der Waals surface area contributed by atoms with Gasteiger partial charge in [-0.15, -0.1) is 0 Å². The molecule has 134 valence electrons. The third-order valence-corrected chi connectivity index (χ3v) is 4.74. The van der Waals surface area contributed by atoms with Crippen LogP contribution >= 0.6 is 0 Å². The Morgan fingerprint density at radius 3 is 2.63 bits per heavy atom. The smallest absolute Gasteiger partial charge is 0.246 e. The lowest BCUT2D eigenvalue weighted by Gasteiger charge is -2.12. The summed E-state index contributed by atoms with van der Waals surface area (Å²) in [6.07, 6.45) is 0. The number of aromatic nitrogens is 2. The fraction of sp³-hybridized carbons (Fsp3) is 0.130. The molecule has 0 unspecified atom stereocenters. The van der Waals surface area contributed by atoms with Gasteiger partial charge in [-0.2, -0.15) is 0 Å². The number of nitrogens with one attached hydrogen (secondary N) is 1. The van der Waals surface area contributed by atoms with E-state index in [1.807, 2.05) is 18.2 Å². The minimum atomic E-state index is -0.154. The number of hydrogen-bond acceptors (Lipinski definition) is 2. The topological polar surface area (TPSA) is 46.9 Å². The molecule has 0 aliphatic rings. The van der Waals surface area contributed by atoms with E-state index < -0.39 is 0 Å². The average molecular weight is 355 g/mol. The molecule has 1 aromatic heterocycles. The summed E-state index contributed by atoms with van der Waals surface area (Å²) >= 11 is 0. The van der Waals surface area contributed by atoms with Gasteiger partial charge in [-0.1, -0.05) is 61.2 Å². The van der Waals surface area contributed by atoms with Gasteiger partial charge in [0.1, 0.15) is 5.82 Å². The standard InChI is InChI=1S/C23H21N3O/c1-16(2)23(27)24-14-22-25-20-12-5-6-13-21(20)26(22)15-18-10-7-9-17-8-3-4-11-19(17)18/h3-13H,1,14-15H2,2H3,(H,24,27). The maximum atomic E-state index is 11.9. The van der Waals surface area contributed by atoms with Crippen LogP contribution < -0.4 is 5.32 Å². The van der Waals surface area contributed by atoms with Crippen LogP contribution in [0.15, 0.2) is 78.9 Å². The first kappa shape index (κ1) is 17.0. The van der Waals surface area contributed by atoms with Crippen LogP contribution in [0.3, 0.4) is 0 Å². The lowest BCUT2D eigenvalue weighted by atomic mass is 10.0. The van der Waals surface area contributed by atoms with Crippen LogP contribution in [0.25, 0.3) is 21.8 Å². The maximum absolute atomic E-state index is 11.9. The first-order chi connectivity index (χ1) is 13.1. The number of hydrogen-bond donors (Lipinski definition) is 1. The highest BCUT2D eigenvalue weighted by Gasteiger charge is 2.13. The molecule has 4 rings (SSSR count). The zero-order valence-electron chi connectivity index (χ0n) is 15.3. The summed E-state index contributed by atoms with van der Waals surface area (Å²) in [6.45, 7) is 6.46. The maximum Gasteiger partial charge on any atom is 0.246 e. The Kier molecular flexibility index (Phi) is 4.47. The van der Waals surface area contributed by atoms with Crippen molar-refractivity contribution >= 4 is 27.7 Å². The first-order valence-corrected chi connectivity index (χ1v) is 8.98. The molecule has 4 nitrogen and oxygen atoms in total. The second-order valence-electron chi connectivity index (χ2n) is 6.70. The second kappa shape index (κ2) is 7.08. The van der Waals surface area contributed by atoms with Crippen molar-refractivity contribution in [3.63, 3.8) is 0 Å². The van der Waals surface area contributed by atoms with E-state index in [1.165, 1.54) is 16.3 Å². The van der Waals surface area contributed by atoms with Gasteiger partial charge >= 0.3 is 0 Å². The van der Waals surface area contributed by atoms with Crippen LogP contribution in [0.2, 0.25) is 0 Å². The molecule has 3 aromatic carbocycles. The molecule has 0 aliphatic heterocycles. The highest BCUT2D eigenvalue weighted by Crippen LogP contribution is 2.23. The molecule has 1 amide bonds. The Morgan fingerprint density at radius 2 is 1.78 bits per heavy atom. The first-order valence-electron chi connectivity index (χ1n) is 8.98. The fourth-order valence-electron chi connectivity index (χ4n) is 3.35. The molecule has 1 heterocycles. The quantitative estimate of drug-likeness (QED) is 0.538. The van der Waals surface area contributed by atoms with E-state index >= 15 is 0 Å². The van der Waals surface area contributed by atoms with E-state index in [1.54, 1.807) is 6.92 Å². The van der Waals surface area contributed by atoms with Crippen molar-refractivity contribution in [2.75, 3.05) is 0 Å². The van der Waals surface area contributed by atoms with Crippen LogP contribution in [0.4, 0.5) is 0 Å². The molecule has 0 bridgehead atoms. The molecule has 0 fully saturated rings. The average Bonchev–Trinajstić information content (AvgIpc) is 3.04. The number of imidazole rings is 1. The molecule has 0 radical (unpaired) electrons. The zero-order valence-corrected chi connectivity index (χ0v) is 15.3. The van der Waals surface area contributed by atoms with Crippen molar-refractivity contribution in [3.05, 3.63) is 90.3 Å². The predicted molar refractivity (Wildman–Crippen MR) is 109 cm³/mol. The van der Waals surface area contributed by atoms with Gasteiger partial charge in [0.15, 0.2) is 0 Å². The van der Waals surface area contributed by atoms with Crippen molar-refractivity contribution in [2.45, 2.75) is 20.0 Å². The lowest BCUT2D eigenvalue weighted by molar-refractivity contribution is -0.117. The molecule has 27 heavy (non-hydrogen) atoms. The largest absolute Gasteiger partial charge is 0.345 e. The molecular formula is C23H21N3O. The summed E-state index contributed by atoms with van der Waals surface area (Å²) in [6, 6.07) is 22.8. The van der Waals surface area contributed by atoms with Gasteiger partial charge in [-0.3, -0.25) is 4.79 Å². The Morgan fingerprint density at radius 1 is 1.04 bits per heavy atom. The van der Waals surface area contributed by atoms with Gasteiger partial charge in [-0.25, -0.2) is 4.98 Å². The summed E-state index contributed by atoms with van der Waals surface area (Å²) in [5.74, 6) is 0.678. The number of fused-ring (bicyclic) bond motifs is 2. The molecular weight excluding hydrogens is 334 g/mol. The molecule has 0 saturated carbocycles. The van der Waals surface area contributed by atoms with Crippen molar-refractivity contribution in [2.24, 2.45) is 0 Å². The van der Waals surface area contributed by atoms with Gasteiger partial charge in [-0.05, 0) is 35.4 Å². The van der Waals surface area contributed by atoms with E-state index in [0.717, 1.165) is 16.9 Å². The van der Waals surface area contributed by atoms with Gasteiger partial charge in [0.25, 0.3) is 0 Å². The van der Waals surface area contributed by atoms with Crippen LogP contribution in [0.5, 0.6) is 0 Å². The molecule has 0 spiro atoms. The predicted octanol–water partition coefficient (Wildman–Crippen LogP) is 4.43. The summed E-state index contributed by atoms with van der Waals surface area (Å²) in [5, 5.41) is 5.35. The Bertz CT molecular complexity index is 1150. The van der Waals surface area contributed by atoms with Gasteiger partial charge in [0, 0.05) is 5.57 Å². The van der Waals surface area contributed by atoms with Crippen LogP contribution in [-0.2, 0) is 17.9 Å².